The summed E-state index contributed by atoms with van der Waals surface area (Å²) in [5.74, 6) is 1.28. The first-order valence-electron chi connectivity index (χ1n) is 6.95. The third-order valence-electron chi connectivity index (χ3n) is 3.07. The Kier molecular flexibility index (Phi) is 4.29. The molecule has 1 aliphatic rings. The van der Waals surface area contributed by atoms with Crippen LogP contribution in [-0.4, -0.2) is 17.8 Å². The molecule has 6 nitrogen and oxygen atoms in total. The van der Waals surface area contributed by atoms with E-state index >= 15 is 0 Å². The van der Waals surface area contributed by atoms with Gasteiger partial charge in [0, 0.05) is 30.1 Å². The lowest BCUT2D eigenvalue weighted by Crippen LogP contribution is -2.19. The van der Waals surface area contributed by atoms with Crippen molar-refractivity contribution in [2.75, 3.05) is 22.7 Å². The summed E-state index contributed by atoms with van der Waals surface area (Å²) < 4.78 is 10.6. The molecule has 0 radical (unpaired) electrons. The highest BCUT2D eigenvalue weighted by Crippen LogP contribution is 2.34. The van der Waals surface area contributed by atoms with Crippen molar-refractivity contribution < 1.29 is 14.3 Å². The maximum absolute atomic E-state index is 11.1. The zero-order valence-electron chi connectivity index (χ0n) is 12.4. The summed E-state index contributed by atoms with van der Waals surface area (Å²) in [6.45, 7) is 1.70. The van der Waals surface area contributed by atoms with Gasteiger partial charge in [-0.2, -0.15) is 0 Å². The number of hydrogen-bond acceptors (Lipinski definition) is 4. The molecule has 0 aromatic heterocycles. The topological polar surface area (TPSA) is 71.6 Å². The number of fused-ring (bicyclic) bond motifs is 1. The Hall–Kier alpha value is -2.80. The first-order chi connectivity index (χ1) is 11.1. The van der Waals surface area contributed by atoms with Crippen LogP contribution < -0.4 is 25.4 Å². The van der Waals surface area contributed by atoms with Gasteiger partial charge in [0.25, 0.3) is 0 Å². The van der Waals surface area contributed by atoms with E-state index in [0.717, 1.165) is 17.1 Å². The molecule has 3 rings (SSSR count). The molecule has 3 N–H and O–H groups in total. The van der Waals surface area contributed by atoms with Crippen LogP contribution in [0.3, 0.4) is 0 Å². The van der Waals surface area contributed by atoms with Crippen LogP contribution in [0.1, 0.15) is 6.92 Å². The molecule has 0 aliphatic carbocycles. The predicted octanol–water partition coefficient (Wildman–Crippen LogP) is 3.18. The third-order valence-corrected chi connectivity index (χ3v) is 3.28. The molecule has 0 saturated carbocycles. The lowest BCUT2D eigenvalue weighted by atomic mass is 10.2. The molecular formula is C16H15N3O3S. The summed E-state index contributed by atoms with van der Waals surface area (Å²) >= 11 is 5.30. The second kappa shape index (κ2) is 6.53. The quantitative estimate of drug-likeness (QED) is 0.751. The maximum atomic E-state index is 11.1. The smallest absolute Gasteiger partial charge is 0.231 e. The van der Waals surface area contributed by atoms with Gasteiger partial charge in [0.1, 0.15) is 0 Å². The monoisotopic (exact) mass is 329 g/mol. The molecule has 7 heteroatoms. The number of rotatable bonds is 3. The highest BCUT2D eigenvalue weighted by molar-refractivity contribution is 7.80. The summed E-state index contributed by atoms with van der Waals surface area (Å²) in [5.41, 5.74) is 2.27. The van der Waals surface area contributed by atoms with E-state index in [9.17, 15) is 4.79 Å². The average Bonchev–Trinajstić information content (AvgIpc) is 2.94. The largest absolute Gasteiger partial charge is 0.454 e. The van der Waals surface area contributed by atoms with Gasteiger partial charge in [-0.25, -0.2) is 0 Å². The SMILES string of the molecule is CC(=O)Nc1cccc(NC(=S)Nc2ccc3c(c2)OCO3)c1. The van der Waals surface area contributed by atoms with Gasteiger partial charge in [0.15, 0.2) is 16.6 Å². The van der Waals surface area contributed by atoms with Gasteiger partial charge >= 0.3 is 0 Å². The van der Waals surface area contributed by atoms with Crippen molar-refractivity contribution in [2.45, 2.75) is 6.92 Å². The standard InChI is InChI=1S/C16H15N3O3S/c1-10(20)17-11-3-2-4-12(7-11)18-16(23)19-13-5-6-14-15(8-13)22-9-21-14/h2-8H,9H2,1H3,(H,17,20)(H2,18,19,23). The molecular weight excluding hydrogens is 314 g/mol. The summed E-state index contributed by atoms with van der Waals surface area (Å²) in [6, 6.07) is 12.8. The van der Waals surface area contributed by atoms with E-state index in [2.05, 4.69) is 16.0 Å². The molecule has 1 heterocycles. The summed E-state index contributed by atoms with van der Waals surface area (Å²) in [7, 11) is 0. The molecule has 0 spiro atoms. The Bertz CT molecular complexity index is 764. The van der Waals surface area contributed by atoms with Crippen molar-refractivity contribution in [1.29, 1.82) is 0 Å². The van der Waals surface area contributed by atoms with Crippen LogP contribution in [0.25, 0.3) is 0 Å². The van der Waals surface area contributed by atoms with Gasteiger partial charge in [-0.1, -0.05) is 6.07 Å². The van der Waals surface area contributed by atoms with E-state index in [-0.39, 0.29) is 12.7 Å². The zero-order chi connectivity index (χ0) is 16.2. The third kappa shape index (κ3) is 3.89. The van der Waals surface area contributed by atoms with Crippen molar-refractivity contribution in [3.63, 3.8) is 0 Å². The van der Waals surface area contributed by atoms with Crippen molar-refractivity contribution in [1.82, 2.24) is 0 Å². The first kappa shape index (κ1) is 15.1. The van der Waals surface area contributed by atoms with Crippen LogP contribution >= 0.6 is 12.2 Å². The Morgan fingerprint density at radius 3 is 2.35 bits per heavy atom. The molecule has 2 aromatic rings. The van der Waals surface area contributed by atoms with Crippen molar-refractivity contribution >= 4 is 40.3 Å². The fourth-order valence-corrected chi connectivity index (χ4v) is 2.38. The van der Waals surface area contributed by atoms with E-state index in [1.165, 1.54) is 6.92 Å². The molecule has 23 heavy (non-hydrogen) atoms. The molecule has 118 valence electrons. The molecule has 1 amide bonds. The van der Waals surface area contributed by atoms with Crippen LogP contribution in [-0.2, 0) is 4.79 Å². The average molecular weight is 329 g/mol. The number of benzene rings is 2. The predicted molar refractivity (Wildman–Crippen MR) is 93.2 cm³/mol. The summed E-state index contributed by atoms with van der Waals surface area (Å²) in [4.78, 5) is 11.1. The minimum atomic E-state index is -0.122. The van der Waals surface area contributed by atoms with Crippen LogP contribution in [0.15, 0.2) is 42.5 Å². The van der Waals surface area contributed by atoms with Crippen LogP contribution in [0.2, 0.25) is 0 Å². The molecule has 2 aromatic carbocycles. The van der Waals surface area contributed by atoms with Crippen molar-refractivity contribution in [3.8, 4) is 11.5 Å². The molecule has 0 unspecified atom stereocenters. The summed E-state index contributed by atoms with van der Waals surface area (Å²) in [6.07, 6.45) is 0. The lowest BCUT2D eigenvalue weighted by Gasteiger charge is -2.12. The number of hydrogen-bond donors (Lipinski definition) is 3. The molecule has 1 aliphatic heterocycles. The number of ether oxygens (including phenoxy) is 2. The van der Waals surface area contributed by atoms with E-state index < -0.39 is 0 Å². The minimum Gasteiger partial charge on any atom is -0.454 e. The molecule has 0 bridgehead atoms. The second-order valence-electron chi connectivity index (χ2n) is 4.91. The van der Waals surface area contributed by atoms with E-state index in [0.29, 0.717) is 16.5 Å². The molecule has 0 fully saturated rings. The lowest BCUT2D eigenvalue weighted by molar-refractivity contribution is -0.114. The van der Waals surface area contributed by atoms with Crippen LogP contribution in [0.4, 0.5) is 17.1 Å². The first-order valence-corrected chi connectivity index (χ1v) is 7.36. The van der Waals surface area contributed by atoms with Gasteiger partial charge < -0.3 is 25.4 Å². The van der Waals surface area contributed by atoms with Gasteiger partial charge in [0.2, 0.25) is 12.7 Å². The normalized spacial score (nSPS) is 11.7. The van der Waals surface area contributed by atoms with Gasteiger partial charge in [-0.15, -0.1) is 0 Å². The van der Waals surface area contributed by atoms with Crippen LogP contribution in [0, 0.1) is 0 Å². The maximum Gasteiger partial charge on any atom is 0.231 e. The number of amides is 1. The fourth-order valence-electron chi connectivity index (χ4n) is 2.15. The van der Waals surface area contributed by atoms with E-state index in [1.54, 1.807) is 12.1 Å². The zero-order valence-corrected chi connectivity index (χ0v) is 13.2. The Balaban J connectivity index is 1.64. The summed E-state index contributed by atoms with van der Waals surface area (Å²) in [5, 5.41) is 9.30. The molecule has 0 saturated heterocycles. The second-order valence-corrected chi connectivity index (χ2v) is 5.32. The van der Waals surface area contributed by atoms with E-state index in [1.807, 2.05) is 30.3 Å². The number of carbonyl (C=O) groups is 1. The molecule has 0 atom stereocenters. The van der Waals surface area contributed by atoms with Crippen molar-refractivity contribution in [2.24, 2.45) is 0 Å². The highest BCUT2D eigenvalue weighted by Gasteiger charge is 2.13. The van der Waals surface area contributed by atoms with Crippen LogP contribution in [0.5, 0.6) is 11.5 Å². The Morgan fingerprint density at radius 2 is 1.61 bits per heavy atom. The minimum absolute atomic E-state index is 0.122. The van der Waals surface area contributed by atoms with Crippen molar-refractivity contribution in [3.05, 3.63) is 42.5 Å². The van der Waals surface area contributed by atoms with E-state index in [4.69, 9.17) is 21.7 Å². The fraction of sp³-hybridized carbons (Fsp3) is 0.125. The Labute approximate surface area is 138 Å². The van der Waals surface area contributed by atoms with Gasteiger partial charge in [-0.3, -0.25) is 4.79 Å². The number of thiocarbonyl (C=S) groups is 1. The van der Waals surface area contributed by atoms with Gasteiger partial charge in [-0.05, 0) is 42.5 Å². The van der Waals surface area contributed by atoms with Gasteiger partial charge in [0.05, 0.1) is 0 Å². The number of nitrogens with one attached hydrogen (secondary N) is 3. The highest BCUT2D eigenvalue weighted by atomic mass is 32.1. The number of carbonyl (C=O) groups excluding carboxylic acids is 1. The Morgan fingerprint density at radius 1 is 0.957 bits per heavy atom. The number of anilines is 3.